The van der Waals surface area contributed by atoms with Crippen molar-refractivity contribution >= 4 is 35.0 Å². The molecule has 1 aliphatic carbocycles. The molecule has 0 aromatic heterocycles. The van der Waals surface area contributed by atoms with Crippen LogP contribution < -0.4 is 10.1 Å². The minimum absolute atomic E-state index is 0.0864. The summed E-state index contributed by atoms with van der Waals surface area (Å²) in [6.45, 7) is 3.84. The molecule has 1 saturated carbocycles. The monoisotopic (exact) mass is 566 g/mol. The molecule has 4 rings (SSSR count). The Balaban J connectivity index is 1.65. The predicted octanol–water partition coefficient (Wildman–Crippen LogP) is 7.08. The fourth-order valence-electron chi connectivity index (χ4n) is 5.20. The minimum Gasteiger partial charge on any atom is -0.484 e. The smallest absolute Gasteiger partial charge is 0.261 e. The van der Waals surface area contributed by atoms with Gasteiger partial charge in [0, 0.05) is 34.6 Å². The SMILES string of the molecule is Cc1cc(C)cc(OCC(=O)N(Cc2c(Cl)cccc2Cl)[C@@H](Cc2ccccc2)C(=O)NC2CCCCC2)c1. The fraction of sp³-hybridized carbons (Fsp3) is 0.375. The van der Waals surface area contributed by atoms with Gasteiger partial charge >= 0.3 is 0 Å². The first-order valence-electron chi connectivity index (χ1n) is 13.6. The highest BCUT2D eigenvalue weighted by atomic mass is 35.5. The first-order valence-corrected chi connectivity index (χ1v) is 14.3. The van der Waals surface area contributed by atoms with Crippen LogP contribution in [-0.4, -0.2) is 35.4 Å². The summed E-state index contributed by atoms with van der Waals surface area (Å²) in [6.07, 6.45) is 5.63. The Morgan fingerprint density at radius 3 is 2.21 bits per heavy atom. The van der Waals surface area contributed by atoms with E-state index in [9.17, 15) is 9.59 Å². The summed E-state index contributed by atoms with van der Waals surface area (Å²) in [5.74, 6) is 0.126. The van der Waals surface area contributed by atoms with Crippen LogP contribution in [0, 0.1) is 13.8 Å². The van der Waals surface area contributed by atoms with Gasteiger partial charge in [-0.3, -0.25) is 9.59 Å². The van der Waals surface area contributed by atoms with Crippen molar-refractivity contribution in [1.29, 1.82) is 0 Å². The minimum atomic E-state index is -0.767. The molecule has 5 nitrogen and oxygen atoms in total. The molecule has 0 unspecified atom stereocenters. The number of hydrogen-bond donors (Lipinski definition) is 1. The lowest BCUT2D eigenvalue weighted by Crippen LogP contribution is -2.53. The van der Waals surface area contributed by atoms with Crippen molar-refractivity contribution in [1.82, 2.24) is 10.2 Å². The van der Waals surface area contributed by atoms with Crippen molar-refractivity contribution in [2.24, 2.45) is 0 Å². The highest BCUT2D eigenvalue weighted by Crippen LogP contribution is 2.28. The van der Waals surface area contributed by atoms with Gasteiger partial charge in [-0.05, 0) is 67.6 Å². The van der Waals surface area contributed by atoms with Gasteiger partial charge < -0.3 is 15.0 Å². The average Bonchev–Trinajstić information content (AvgIpc) is 2.91. The number of benzene rings is 3. The number of carbonyl (C=O) groups excluding carboxylic acids is 2. The maximum absolute atomic E-state index is 13.9. The number of nitrogens with one attached hydrogen (secondary N) is 1. The molecule has 206 valence electrons. The molecule has 2 amide bonds. The maximum atomic E-state index is 13.9. The van der Waals surface area contributed by atoms with Gasteiger partial charge in [0.25, 0.3) is 5.91 Å². The third-order valence-electron chi connectivity index (χ3n) is 7.17. The van der Waals surface area contributed by atoms with E-state index < -0.39 is 6.04 Å². The van der Waals surface area contributed by atoms with Crippen LogP contribution in [0.5, 0.6) is 5.75 Å². The largest absolute Gasteiger partial charge is 0.484 e. The van der Waals surface area contributed by atoms with Crippen LogP contribution in [0.3, 0.4) is 0 Å². The van der Waals surface area contributed by atoms with Gasteiger partial charge in [-0.1, -0.05) is 84.9 Å². The van der Waals surface area contributed by atoms with E-state index in [-0.39, 0.29) is 31.0 Å². The summed E-state index contributed by atoms with van der Waals surface area (Å²) < 4.78 is 5.95. The lowest BCUT2D eigenvalue weighted by Gasteiger charge is -2.33. The van der Waals surface area contributed by atoms with Gasteiger partial charge in [-0.25, -0.2) is 0 Å². The maximum Gasteiger partial charge on any atom is 0.261 e. The van der Waals surface area contributed by atoms with E-state index in [4.69, 9.17) is 27.9 Å². The molecule has 1 N–H and O–H groups in total. The van der Waals surface area contributed by atoms with E-state index in [1.165, 1.54) is 6.42 Å². The van der Waals surface area contributed by atoms with Crippen molar-refractivity contribution in [3.8, 4) is 5.75 Å². The van der Waals surface area contributed by atoms with E-state index in [1.807, 2.05) is 62.4 Å². The zero-order valence-corrected chi connectivity index (χ0v) is 24.1. The highest BCUT2D eigenvalue weighted by molar-refractivity contribution is 6.36. The molecule has 1 aliphatic rings. The van der Waals surface area contributed by atoms with Crippen molar-refractivity contribution < 1.29 is 14.3 Å². The van der Waals surface area contributed by atoms with E-state index in [2.05, 4.69) is 5.32 Å². The van der Waals surface area contributed by atoms with Crippen LogP contribution in [0.2, 0.25) is 10.0 Å². The van der Waals surface area contributed by atoms with Gasteiger partial charge in [0.2, 0.25) is 5.91 Å². The predicted molar refractivity (Wildman–Crippen MR) is 157 cm³/mol. The summed E-state index contributed by atoms with van der Waals surface area (Å²) in [4.78, 5) is 29.3. The van der Waals surface area contributed by atoms with Crippen LogP contribution in [0.1, 0.15) is 54.4 Å². The second-order valence-corrected chi connectivity index (χ2v) is 11.2. The van der Waals surface area contributed by atoms with Crippen LogP contribution in [0.25, 0.3) is 0 Å². The second-order valence-electron chi connectivity index (χ2n) is 10.4. The number of halogens is 2. The molecule has 0 aliphatic heterocycles. The molecule has 39 heavy (non-hydrogen) atoms. The number of aryl methyl sites for hydroxylation is 2. The van der Waals surface area contributed by atoms with E-state index in [1.54, 1.807) is 23.1 Å². The molecule has 0 radical (unpaired) electrons. The second kappa shape index (κ2) is 13.9. The van der Waals surface area contributed by atoms with Gasteiger partial charge in [0.05, 0.1) is 0 Å². The molecule has 7 heteroatoms. The standard InChI is InChI=1S/C32H36Cl2N2O3/c1-22-16-23(2)18-26(17-22)39-21-31(37)36(20-27-28(33)14-9-15-29(27)34)30(19-24-10-5-3-6-11-24)32(38)35-25-12-7-4-8-13-25/h3,5-6,9-11,14-18,25,30H,4,7-8,12-13,19-21H2,1-2H3,(H,35,38)/t30-/m0/s1. The number of nitrogens with zero attached hydrogens (tertiary/aromatic N) is 1. The zero-order valence-electron chi connectivity index (χ0n) is 22.6. The molecule has 0 bridgehead atoms. The first kappa shape index (κ1) is 29.0. The van der Waals surface area contributed by atoms with Crippen LogP contribution in [-0.2, 0) is 22.6 Å². The molecule has 0 heterocycles. The number of hydrogen-bond acceptors (Lipinski definition) is 3. The van der Waals surface area contributed by atoms with Gasteiger partial charge in [0.1, 0.15) is 11.8 Å². The topological polar surface area (TPSA) is 58.6 Å². The molecule has 0 spiro atoms. The van der Waals surface area contributed by atoms with Crippen molar-refractivity contribution in [2.45, 2.75) is 71.0 Å². The Morgan fingerprint density at radius 2 is 1.56 bits per heavy atom. The molecule has 3 aromatic rings. The van der Waals surface area contributed by atoms with E-state index in [0.29, 0.717) is 27.8 Å². The van der Waals surface area contributed by atoms with Crippen molar-refractivity contribution in [3.63, 3.8) is 0 Å². The zero-order chi connectivity index (χ0) is 27.8. The highest BCUT2D eigenvalue weighted by Gasteiger charge is 2.33. The van der Waals surface area contributed by atoms with Crippen molar-refractivity contribution in [3.05, 3.63) is 99.0 Å². The Kier molecular flexibility index (Phi) is 10.3. The van der Waals surface area contributed by atoms with Gasteiger partial charge in [0.15, 0.2) is 6.61 Å². The average molecular weight is 568 g/mol. The van der Waals surface area contributed by atoms with Gasteiger partial charge in [-0.15, -0.1) is 0 Å². The van der Waals surface area contributed by atoms with Crippen molar-refractivity contribution in [2.75, 3.05) is 6.61 Å². The lowest BCUT2D eigenvalue weighted by molar-refractivity contribution is -0.143. The molecule has 3 aromatic carbocycles. The summed E-state index contributed by atoms with van der Waals surface area (Å²) in [5.41, 5.74) is 3.65. The first-order chi connectivity index (χ1) is 18.8. The Hall–Kier alpha value is -3.02. The Morgan fingerprint density at radius 1 is 0.923 bits per heavy atom. The van der Waals surface area contributed by atoms with E-state index in [0.717, 1.165) is 42.4 Å². The molecule has 1 fully saturated rings. The molecular formula is C32H36Cl2N2O3. The summed E-state index contributed by atoms with van der Waals surface area (Å²) >= 11 is 13.1. The number of amides is 2. The van der Waals surface area contributed by atoms with Crippen LogP contribution >= 0.6 is 23.2 Å². The Bertz CT molecular complexity index is 1240. The van der Waals surface area contributed by atoms with E-state index >= 15 is 0 Å². The molecular weight excluding hydrogens is 531 g/mol. The number of ether oxygens (including phenoxy) is 1. The lowest BCUT2D eigenvalue weighted by atomic mass is 9.94. The van der Waals surface area contributed by atoms with Crippen LogP contribution in [0.4, 0.5) is 0 Å². The summed E-state index contributed by atoms with van der Waals surface area (Å²) in [7, 11) is 0. The number of carbonyl (C=O) groups is 2. The third kappa shape index (κ3) is 8.23. The summed E-state index contributed by atoms with van der Waals surface area (Å²) in [5, 5.41) is 4.13. The fourth-order valence-corrected chi connectivity index (χ4v) is 5.71. The number of rotatable bonds is 10. The normalized spacial score (nSPS) is 14.5. The summed E-state index contributed by atoms with van der Waals surface area (Å²) in [6, 6.07) is 20.2. The van der Waals surface area contributed by atoms with Gasteiger partial charge in [-0.2, -0.15) is 0 Å². The third-order valence-corrected chi connectivity index (χ3v) is 7.88. The molecule has 1 atom stereocenters. The quantitative estimate of drug-likeness (QED) is 0.285. The molecule has 0 saturated heterocycles. The Labute approximate surface area is 241 Å². The van der Waals surface area contributed by atoms with Crippen LogP contribution in [0.15, 0.2) is 66.7 Å².